The third-order valence-corrected chi connectivity index (χ3v) is 7.78. The van der Waals surface area contributed by atoms with Crippen molar-refractivity contribution in [1.29, 1.82) is 0 Å². The van der Waals surface area contributed by atoms with Crippen molar-refractivity contribution in [2.24, 2.45) is 4.99 Å². The van der Waals surface area contributed by atoms with E-state index in [0.29, 0.717) is 11.3 Å². The highest BCUT2D eigenvalue weighted by Gasteiger charge is 2.20. The average Bonchev–Trinajstić information content (AvgIpc) is 2.97. The van der Waals surface area contributed by atoms with Crippen LogP contribution in [-0.2, 0) is 21.2 Å². The standard InChI is InChI=1S/C20H21FN2O3S3/c1-13-10-14(2)19-17(11-13)23(8-9-27-3)20(28-19)22-18(24)12-29(25,26)16-6-4-15(21)5-7-16/h4-7,10-11H,8-9,12H2,1-3H3. The number of nitrogens with zero attached hydrogens (tertiary/aromatic N) is 2. The molecule has 1 amide bonds. The summed E-state index contributed by atoms with van der Waals surface area (Å²) in [7, 11) is -3.89. The Balaban J connectivity index is 2.01. The first-order valence-corrected chi connectivity index (χ1v) is 12.7. The molecule has 1 aromatic heterocycles. The van der Waals surface area contributed by atoms with Gasteiger partial charge in [-0.05, 0) is 61.6 Å². The number of thiazole rings is 1. The molecule has 0 saturated carbocycles. The van der Waals surface area contributed by atoms with Gasteiger partial charge < -0.3 is 4.57 Å². The number of halogens is 1. The molecule has 0 aliphatic carbocycles. The molecule has 154 valence electrons. The number of aromatic nitrogens is 1. The predicted molar refractivity (Wildman–Crippen MR) is 117 cm³/mol. The van der Waals surface area contributed by atoms with Crippen LogP contribution >= 0.6 is 23.1 Å². The van der Waals surface area contributed by atoms with E-state index in [1.165, 1.54) is 11.3 Å². The predicted octanol–water partition coefficient (Wildman–Crippen LogP) is 3.72. The van der Waals surface area contributed by atoms with E-state index in [4.69, 9.17) is 0 Å². The lowest BCUT2D eigenvalue weighted by Crippen LogP contribution is -2.21. The molecular formula is C20H21FN2O3S3. The fourth-order valence-electron chi connectivity index (χ4n) is 3.02. The van der Waals surface area contributed by atoms with Crippen LogP contribution in [0, 0.1) is 19.7 Å². The Labute approximate surface area is 177 Å². The smallest absolute Gasteiger partial charge is 0.263 e. The minimum Gasteiger partial charge on any atom is -0.315 e. The number of rotatable bonds is 6. The van der Waals surface area contributed by atoms with E-state index in [1.54, 1.807) is 11.8 Å². The van der Waals surface area contributed by atoms with Crippen molar-refractivity contribution in [2.75, 3.05) is 17.8 Å². The van der Waals surface area contributed by atoms with Gasteiger partial charge in [-0.1, -0.05) is 17.4 Å². The van der Waals surface area contributed by atoms with E-state index in [0.717, 1.165) is 51.4 Å². The Morgan fingerprint density at radius 3 is 2.55 bits per heavy atom. The molecule has 3 aromatic rings. The first-order chi connectivity index (χ1) is 13.7. The quantitative estimate of drug-likeness (QED) is 0.535. The van der Waals surface area contributed by atoms with Crippen LogP contribution in [0.15, 0.2) is 46.3 Å². The number of carbonyl (C=O) groups excluding carboxylic acids is 1. The summed E-state index contributed by atoms with van der Waals surface area (Å²) in [5, 5.41) is 0. The van der Waals surface area contributed by atoms with Gasteiger partial charge in [-0.2, -0.15) is 16.8 Å². The van der Waals surface area contributed by atoms with E-state index < -0.39 is 27.3 Å². The average molecular weight is 453 g/mol. The largest absolute Gasteiger partial charge is 0.315 e. The van der Waals surface area contributed by atoms with Gasteiger partial charge in [0.05, 0.1) is 15.1 Å². The lowest BCUT2D eigenvalue weighted by atomic mass is 10.1. The Hall–Kier alpha value is -1.97. The third-order valence-electron chi connectivity index (χ3n) is 4.34. The number of hydrogen-bond donors (Lipinski definition) is 0. The molecule has 1 heterocycles. The second-order valence-electron chi connectivity index (χ2n) is 6.68. The second-order valence-corrected chi connectivity index (χ2v) is 10.6. The summed E-state index contributed by atoms with van der Waals surface area (Å²) in [6.07, 6.45) is 2.00. The van der Waals surface area contributed by atoms with Crippen molar-refractivity contribution in [3.8, 4) is 0 Å². The van der Waals surface area contributed by atoms with Crippen molar-refractivity contribution in [3.05, 3.63) is 58.1 Å². The Bertz CT molecular complexity index is 1230. The van der Waals surface area contributed by atoms with Gasteiger partial charge in [0, 0.05) is 12.3 Å². The Kier molecular flexibility index (Phi) is 6.60. The molecule has 9 heteroatoms. The third kappa shape index (κ3) is 4.96. The maximum atomic E-state index is 13.1. The van der Waals surface area contributed by atoms with Crippen LogP contribution in [-0.4, -0.2) is 36.7 Å². The summed E-state index contributed by atoms with van der Waals surface area (Å²) in [5.74, 6) is -1.19. The first-order valence-electron chi connectivity index (χ1n) is 8.86. The molecule has 3 rings (SSSR count). The minimum atomic E-state index is -3.89. The molecule has 5 nitrogen and oxygen atoms in total. The normalized spacial score (nSPS) is 12.6. The maximum absolute atomic E-state index is 13.1. The molecule has 0 unspecified atom stereocenters. The summed E-state index contributed by atoms with van der Waals surface area (Å²) in [6.45, 7) is 4.69. The van der Waals surface area contributed by atoms with Gasteiger partial charge >= 0.3 is 0 Å². The van der Waals surface area contributed by atoms with E-state index in [1.807, 2.05) is 24.7 Å². The van der Waals surface area contributed by atoms with E-state index >= 15 is 0 Å². The van der Waals surface area contributed by atoms with Gasteiger partial charge in [0.2, 0.25) is 0 Å². The molecule has 2 aromatic carbocycles. The summed E-state index contributed by atoms with van der Waals surface area (Å²) in [5.41, 5.74) is 3.20. The van der Waals surface area contributed by atoms with E-state index in [-0.39, 0.29) is 4.90 Å². The number of hydrogen-bond acceptors (Lipinski definition) is 5. The molecule has 0 atom stereocenters. The Morgan fingerprint density at radius 1 is 1.21 bits per heavy atom. The summed E-state index contributed by atoms with van der Waals surface area (Å²) in [4.78, 5) is 17.0. The van der Waals surface area contributed by atoms with Crippen molar-refractivity contribution >= 4 is 49.1 Å². The second kappa shape index (κ2) is 8.81. The molecule has 0 fully saturated rings. The van der Waals surface area contributed by atoms with Crippen LogP contribution < -0.4 is 4.80 Å². The molecule has 0 aliphatic heterocycles. The fraction of sp³-hybridized carbons (Fsp3) is 0.300. The molecule has 0 spiro atoms. The molecule has 0 radical (unpaired) electrons. The SMILES string of the molecule is CSCCn1c(=NC(=O)CS(=O)(=O)c2ccc(F)cc2)sc2c(C)cc(C)cc21. The lowest BCUT2D eigenvalue weighted by molar-refractivity contribution is -0.115. The fourth-order valence-corrected chi connectivity index (χ4v) is 5.62. The lowest BCUT2D eigenvalue weighted by Gasteiger charge is -2.06. The van der Waals surface area contributed by atoms with Gasteiger partial charge in [-0.15, -0.1) is 0 Å². The number of carbonyl (C=O) groups is 1. The first kappa shape index (κ1) is 21.7. The van der Waals surface area contributed by atoms with Crippen LogP contribution in [0.5, 0.6) is 0 Å². The number of aryl methyl sites for hydroxylation is 3. The van der Waals surface area contributed by atoms with Crippen molar-refractivity contribution in [1.82, 2.24) is 4.57 Å². The van der Waals surface area contributed by atoms with Crippen molar-refractivity contribution < 1.29 is 17.6 Å². The van der Waals surface area contributed by atoms with Crippen LogP contribution in [0.1, 0.15) is 11.1 Å². The highest BCUT2D eigenvalue weighted by molar-refractivity contribution is 7.98. The minimum absolute atomic E-state index is 0.0967. The van der Waals surface area contributed by atoms with Crippen molar-refractivity contribution in [2.45, 2.75) is 25.3 Å². The summed E-state index contributed by atoms with van der Waals surface area (Å²) in [6, 6.07) is 8.55. The van der Waals surface area contributed by atoms with Gasteiger partial charge in [-0.25, -0.2) is 12.8 Å². The number of fused-ring (bicyclic) bond motifs is 1. The molecule has 29 heavy (non-hydrogen) atoms. The van der Waals surface area contributed by atoms with Crippen LogP contribution in [0.25, 0.3) is 10.2 Å². The van der Waals surface area contributed by atoms with E-state index in [2.05, 4.69) is 17.1 Å². The van der Waals surface area contributed by atoms with E-state index in [9.17, 15) is 17.6 Å². The molecule has 0 N–H and O–H groups in total. The molecule has 0 saturated heterocycles. The van der Waals surface area contributed by atoms with Crippen LogP contribution in [0.2, 0.25) is 0 Å². The molecule has 0 bridgehead atoms. The zero-order valence-electron chi connectivity index (χ0n) is 16.3. The number of amides is 1. The Morgan fingerprint density at radius 2 is 1.90 bits per heavy atom. The topological polar surface area (TPSA) is 68.5 Å². The van der Waals surface area contributed by atoms with Crippen LogP contribution in [0.4, 0.5) is 4.39 Å². The van der Waals surface area contributed by atoms with Crippen LogP contribution in [0.3, 0.4) is 0 Å². The number of benzene rings is 2. The highest BCUT2D eigenvalue weighted by Crippen LogP contribution is 2.23. The zero-order valence-corrected chi connectivity index (χ0v) is 18.8. The monoisotopic (exact) mass is 452 g/mol. The van der Waals surface area contributed by atoms with Gasteiger partial charge in [0.1, 0.15) is 11.6 Å². The number of sulfone groups is 1. The maximum Gasteiger partial charge on any atom is 0.263 e. The summed E-state index contributed by atoms with van der Waals surface area (Å²) < 4.78 is 41.0. The highest BCUT2D eigenvalue weighted by atomic mass is 32.2. The molecular weight excluding hydrogens is 431 g/mol. The van der Waals surface area contributed by atoms with Gasteiger partial charge in [0.15, 0.2) is 14.6 Å². The zero-order chi connectivity index (χ0) is 21.2. The van der Waals surface area contributed by atoms with Crippen molar-refractivity contribution in [3.63, 3.8) is 0 Å². The van der Waals surface area contributed by atoms with Gasteiger partial charge in [-0.3, -0.25) is 4.79 Å². The number of thioether (sulfide) groups is 1. The summed E-state index contributed by atoms with van der Waals surface area (Å²) >= 11 is 3.07. The van der Waals surface area contributed by atoms with Gasteiger partial charge in [0.25, 0.3) is 5.91 Å². The molecule has 0 aliphatic rings.